The molecule has 3 atom stereocenters. The molecule has 2 aliphatic heterocycles. The van der Waals surface area contributed by atoms with Crippen LogP contribution in [0.5, 0.6) is 0 Å². The fourth-order valence-corrected chi connectivity index (χ4v) is 4.15. The summed E-state index contributed by atoms with van der Waals surface area (Å²) in [5.41, 5.74) is 0. The van der Waals surface area contributed by atoms with E-state index in [1.54, 1.807) is 0 Å². The lowest BCUT2D eigenvalue weighted by Gasteiger charge is -2.44. The fraction of sp³-hybridized carbons (Fsp3) is 0.846. The maximum absolute atomic E-state index is 11.6. The molecule has 18 heavy (non-hydrogen) atoms. The number of hydrogen-bond donors (Lipinski definition) is 1. The fourth-order valence-electron chi connectivity index (χ4n) is 2.84. The van der Waals surface area contributed by atoms with Crippen molar-refractivity contribution in [3.63, 3.8) is 0 Å². The van der Waals surface area contributed by atoms with Gasteiger partial charge in [-0.05, 0) is 12.3 Å². The van der Waals surface area contributed by atoms with Crippen LogP contribution in [-0.4, -0.2) is 50.3 Å². The minimum absolute atomic E-state index is 0.0725. The van der Waals surface area contributed by atoms with Crippen LogP contribution in [0.25, 0.3) is 0 Å². The molecule has 1 fully saturated rings. The molecule has 4 nitrogen and oxygen atoms in total. The van der Waals surface area contributed by atoms with E-state index in [4.69, 9.17) is 0 Å². The second-order valence-corrected chi connectivity index (χ2v) is 7.67. The van der Waals surface area contributed by atoms with Gasteiger partial charge in [0.2, 0.25) is 0 Å². The van der Waals surface area contributed by atoms with Crippen LogP contribution >= 0.6 is 0 Å². The SMILES string of the molecule is CCC1CNC(C(C)C)CN1C1C=CS(=O)(=O)C1. The van der Waals surface area contributed by atoms with E-state index in [9.17, 15) is 8.42 Å². The van der Waals surface area contributed by atoms with Crippen LogP contribution in [0.1, 0.15) is 27.2 Å². The summed E-state index contributed by atoms with van der Waals surface area (Å²) in [5, 5.41) is 4.96. The van der Waals surface area contributed by atoms with Gasteiger partial charge in [-0.15, -0.1) is 0 Å². The molecule has 0 radical (unpaired) electrons. The molecule has 104 valence electrons. The first-order chi connectivity index (χ1) is 8.43. The third kappa shape index (κ3) is 2.95. The van der Waals surface area contributed by atoms with E-state index in [0.29, 0.717) is 18.0 Å². The molecule has 0 bridgehead atoms. The number of rotatable bonds is 3. The summed E-state index contributed by atoms with van der Waals surface area (Å²) >= 11 is 0. The van der Waals surface area contributed by atoms with Crippen molar-refractivity contribution in [1.29, 1.82) is 0 Å². The highest BCUT2D eigenvalue weighted by Crippen LogP contribution is 2.22. The van der Waals surface area contributed by atoms with Crippen LogP contribution in [0, 0.1) is 5.92 Å². The van der Waals surface area contributed by atoms with Gasteiger partial charge in [-0.25, -0.2) is 8.42 Å². The third-order valence-corrected chi connectivity index (χ3v) is 5.48. The van der Waals surface area contributed by atoms with Crippen molar-refractivity contribution in [2.75, 3.05) is 18.8 Å². The molecule has 1 saturated heterocycles. The zero-order chi connectivity index (χ0) is 13.3. The summed E-state index contributed by atoms with van der Waals surface area (Å²) in [5.74, 6) is 0.834. The minimum atomic E-state index is -2.96. The summed E-state index contributed by atoms with van der Waals surface area (Å²) in [7, 11) is -2.96. The molecule has 1 N–H and O–H groups in total. The van der Waals surface area contributed by atoms with Crippen LogP contribution < -0.4 is 5.32 Å². The predicted molar refractivity (Wildman–Crippen MR) is 74.1 cm³/mol. The van der Waals surface area contributed by atoms with Crippen molar-refractivity contribution >= 4 is 9.84 Å². The van der Waals surface area contributed by atoms with Gasteiger partial charge < -0.3 is 5.32 Å². The van der Waals surface area contributed by atoms with Gasteiger partial charge in [0.1, 0.15) is 0 Å². The topological polar surface area (TPSA) is 49.4 Å². The van der Waals surface area contributed by atoms with Gasteiger partial charge in [-0.2, -0.15) is 0 Å². The zero-order valence-electron chi connectivity index (χ0n) is 11.5. The van der Waals surface area contributed by atoms with Gasteiger partial charge >= 0.3 is 0 Å². The largest absolute Gasteiger partial charge is 0.311 e. The Hall–Kier alpha value is -0.390. The van der Waals surface area contributed by atoms with Crippen molar-refractivity contribution in [2.45, 2.75) is 45.3 Å². The van der Waals surface area contributed by atoms with Gasteiger partial charge in [-0.1, -0.05) is 26.8 Å². The maximum atomic E-state index is 11.6. The highest BCUT2D eigenvalue weighted by Gasteiger charge is 2.35. The highest BCUT2D eigenvalue weighted by molar-refractivity contribution is 7.94. The first-order valence-electron chi connectivity index (χ1n) is 6.83. The molecule has 0 aliphatic carbocycles. The Balaban J connectivity index is 2.10. The van der Waals surface area contributed by atoms with E-state index in [1.807, 2.05) is 6.08 Å². The lowest BCUT2D eigenvalue weighted by Crippen LogP contribution is -2.60. The Morgan fingerprint density at radius 2 is 2.17 bits per heavy atom. The summed E-state index contributed by atoms with van der Waals surface area (Å²) in [6.07, 6.45) is 2.92. The molecule has 2 aliphatic rings. The standard InChI is InChI=1S/C13H24N2O2S/c1-4-11-7-14-13(10(2)3)8-15(11)12-5-6-18(16,17)9-12/h5-6,10-14H,4,7-9H2,1-3H3. The van der Waals surface area contributed by atoms with E-state index < -0.39 is 9.84 Å². The Morgan fingerprint density at radius 1 is 1.44 bits per heavy atom. The maximum Gasteiger partial charge on any atom is 0.173 e. The summed E-state index contributed by atoms with van der Waals surface area (Å²) < 4.78 is 23.1. The Bertz CT molecular complexity index is 417. The number of nitrogens with zero attached hydrogens (tertiary/aromatic N) is 1. The molecule has 0 aromatic rings. The highest BCUT2D eigenvalue weighted by atomic mass is 32.2. The molecule has 0 saturated carbocycles. The molecule has 0 aromatic carbocycles. The summed E-state index contributed by atoms with van der Waals surface area (Å²) in [6, 6.07) is 0.982. The Morgan fingerprint density at radius 3 is 2.67 bits per heavy atom. The lowest BCUT2D eigenvalue weighted by molar-refractivity contribution is 0.0931. The smallest absolute Gasteiger partial charge is 0.173 e. The van der Waals surface area contributed by atoms with Crippen LogP contribution in [-0.2, 0) is 9.84 Å². The number of piperazine rings is 1. The molecular weight excluding hydrogens is 248 g/mol. The molecule has 0 amide bonds. The average Bonchev–Trinajstić information content (AvgIpc) is 2.68. The molecule has 0 aromatic heterocycles. The number of nitrogens with one attached hydrogen (secondary N) is 1. The van der Waals surface area contributed by atoms with Crippen molar-refractivity contribution in [1.82, 2.24) is 10.2 Å². The zero-order valence-corrected chi connectivity index (χ0v) is 12.3. The molecule has 2 rings (SSSR count). The van der Waals surface area contributed by atoms with Crippen molar-refractivity contribution in [3.8, 4) is 0 Å². The molecule has 0 spiro atoms. The normalized spacial score (nSPS) is 36.3. The van der Waals surface area contributed by atoms with Crippen molar-refractivity contribution in [3.05, 3.63) is 11.5 Å². The summed E-state index contributed by atoms with van der Waals surface area (Å²) in [6.45, 7) is 8.50. The van der Waals surface area contributed by atoms with Crippen molar-refractivity contribution in [2.24, 2.45) is 5.92 Å². The second-order valence-electron chi connectivity index (χ2n) is 5.74. The van der Waals surface area contributed by atoms with Gasteiger partial charge in [0.15, 0.2) is 9.84 Å². The van der Waals surface area contributed by atoms with Crippen molar-refractivity contribution < 1.29 is 8.42 Å². The van der Waals surface area contributed by atoms with E-state index in [1.165, 1.54) is 5.41 Å². The number of hydrogen-bond acceptors (Lipinski definition) is 4. The van der Waals surface area contributed by atoms with Gasteiger partial charge in [0, 0.05) is 36.6 Å². The van der Waals surface area contributed by atoms with E-state index in [2.05, 4.69) is 31.0 Å². The quantitative estimate of drug-likeness (QED) is 0.833. The van der Waals surface area contributed by atoms with Crippen LogP contribution in [0.15, 0.2) is 11.5 Å². The van der Waals surface area contributed by atoms with Crippen LogP contribution in [0.4, 0.5) is 0 Å². The predicted octanol–water partition coefficient (Wildman–Crippen LogP) is 1.01. The molecule has 3 unspecified atom stereocenters. The lowest BCUT2D eigenvalue weighted by atomic mass is 9.97. The van der Waals surface area contributed by atoms with E-state index in [0.717, 1.165) is 19.5 Å². The Kier molecular flexibility index (Phi) is 4.14. The molecule has 2 heterocycles. The van der Waals surface area contributed by atoms with E-state index >= 15 is 0 Å². The minimum Gasteiger partial charge on any atom is -0.311 e. The van der Waals surface area contributed by atoms with Gasteiger partial charge in [0.05, 0.1) is 5.75 Å². The molecule has 5 heteroatoms. The number of sulfone groups is 1. The third-order valence-electron chi connectivity index (χ3n) is 4.11. The van der Waals surface area contributed by atoms with E-state index in [-0.39, 0.29) is 11.8 Å². The molecular formula is C13H24N2O2S. The monoisotopic (exact) mass is 272 g/mol. The van der Waals surface area contributed by atoms with Gasteiger partial charge in [0.25, 0.3) is 0 Å². The second kappa shape index (κ2) is 5.31. The Labute approximate surface area is 110 Å². The van der Waals surface area contributed by atoms with Crippen LogP contribution in [0.3, 0.4) is 0 Å². The summed E-state index contributed by atoms with van der Waals surface area (Å²) in [4.78, 5) is 2.38. The van der Waals surface area contributed by atoms with Crippen LogP contribution in [0.2, 0.25) is 0 Å². The first kappa shape index (κ1) is 14.0. The average molecular weight is 272 g/mol. The van der Waals surface area contributed by atoms with Gasteiger partial charge in [-0.3, -0.25) is 4.90 Å². The first-order valence-corrected chi connectivity index (χ1v) is 8.54.